The smallest absolute Gasteiger partial charge is 0.254 e. The maximum atomic E-state index is 12.0. The summed E-state index contributed by atoms with van der Waals surface area (Å²) in [4.78, 5) is 16.0. The second-order valence-electron chi connectivity index (χ2n) is 4.12. The molecular formula is C14H12Cl2N2O. The van der Waals surface area contributed by atoms with E-state index in [4.69, 9.17) is 23.2 Å². The van der Waals surface area contributed by atoms with Crippen molar-refractivity contribution in [3.63, 3.8) is 0 Å². The zero-order chi connectivity index (χ0) is 13.8. The summed E-state index contributed by atoms with van der Waals surface area (Å²) in [5.74, 6) is -0.252. The van der Waals surface area contributed by atoms with Crippen LogP contribution in [0.2, 0.25) is 10.0 Å². The quantitative estimate of drug-likeness (QED) is 0.939. The molecule has 0 atom stereocenters. The van der Waals surface area contributed by atoms with Crippen LogP contribution in [0.15, 0.2) is 36.5 Å². The molecule has 2 rings (SSSR count). The molecule has 0 bridgehead atoms. The summed E-state index contributed by atoms with van der Waals surface area (Å²) in [6, 6.07) is 8.98. The Balaban J connectivity index is 2.05. The Morgan fingerprint density at radius 2 is 2.11 bits per heavy atom. The Bertz CT molecular complexity index is 614. The normalized spacial score (nSPS) is 10.3. The third kappa shape index (κ3) is 3.69. The fourth-order valence-corrected chi connectivity index (χ4v) is 2.12. The minimum absolute atomic E-state index is 0.252. The van der Waals surface area contributed by atoms with Gasteiger partial charge in [-0.05, 0) is 30.7 Å². The van der Waals surface area contributed by atoms with Crippen molar-refractivity contribution in [2.24, 2.45) is 0 Å². The number of pyridine rings is 1. The maximum absolute atomic E-state index is 12.0. The van der Waals surface area contributed by atoms with Crippen LogP contribution in [0.4, 0.5) is 0 Å². The highest BCUT2D eigenvalue weighted by Crippen LogP contribution is 2.16. The number of hydrogen-bond donors (Lipinski definition) is 1. The SMILES string of the molecule is Cc1cc(Cl)c(C(=O)NCc2cccc(Cl)c2)cn1. The monoisotopic (exact) mass is 294 g/mol. The first-order valence-electron chi connectivity index (χ1n) is 5.71. The van der Waals surface area contributed by atoms with Gasteiger partial charge in [0.05, 0.1) is 10.6 Å². The van der Waals surface area contributed by atoms with Crippen LogP contribution in [-0.4, -0.2) is 10.9 Å². The van der Waals surface area contributed by atoms with Crippen molar-refractivity contribution in [2.75, 3.05) is 0 Å². The summed E-state index contributed by atoms with van der Waals surface area (Å²) in [5.41, 5.74) is 2.07. The zero-order valence-corrected chi connectivity index (χ0v) is 11.8. The van der Waals surface area contributed by atoms with Crippen LogP contribution in [0.1, 0.15) is 21.6 Å². The molecule has 1 amide bonds. The second-order valence-corrected chi connectivity index (χ2v) is 4.96. The number of carbonyl (C=O) groups is 1. The molecule has 3 nitrogen and oxygen atoms in total. The van der Waals surface area contributed by atoms with E-state index in [-0.39, 0.29) is 5.91 Å². The molecule has 0 saturated carbocycles. The van der Waals surface area contributed by atoms with Gasteiger partial charge in [0.1, 0.15) is 0 Å². The molecular weight excluding hydrogens is 283 g/mol. The first-order chi connectivity index (χ1) is 9.06. The van der Waals surface area contributed by atoms with Crippen LogP contribution in [-0.2, 0) is 6.54 Å². The molecule has 0 radical (unpaired) electrons. The minimum Gasteiger partial charge on any atom is -0.348 e. The van der Waals surface area contributed by atoms with Crippen molar-refractivity contribution < 1.29 is 4.79 Å². The van der Waals surface area contributed by atoms with E-state index in [0.29, 0.717) is 22.2 Å². The fraction of sp³-hybridized carbons (Fsp3) is 0.143. The van der Waals surface area contributed by atoms with E-state index in [1.54, 1.807) is 18.2 Å². The Morgan fingerprint density at radius 1 is 1.32 bits per heavy atom. The van der Waals surface area contributed by atoms with Crippen LogP contribution >= 0.6 is 23.2 Å². The van der Waals surface area contributed by atoms with E-state index in [1.165, 1.54) is 6.20 Å². The summed E-state index contributed by atoms with van der Waals surface area (Å²) >= 11 is 11.9. The van der Waals surface area contributed by atoms with Gasteiger partial charge in [-0.1, -0.05) is 35.3 Å². The number of nitrogens with one attached hydrogen (secondary N) is 1. The molecule has 5 heteroatoms. The molecule has 0 spiro atoms. The van der Waals surface area contributed by atoms with E-state index in [2.05, 4.69) is 10.3 Å². The van der Waals surface area contributed by atoms with Crippen LogP contribution in [0.5, 0.6) is 0 Å². The average molecular weight is 295 g/mol. The Kier molecular flexibility index (Phi) is 4.40. The number of halogens is 2. The number of amides is 1. The highest BCUT2D eigenvalue weighted by atomic mass is 35.5. The van der Waals surface area contributed by atoms with E-state index in [0.717, 1.165) is 11.3 Å². The summed E-state index contributed by atoms with van der Waals surface area (Å²) in [6.45, 7) is 2.21. The standard InChI is InChI=1S/C14H12Cl2N2O/c1-9-5-13(16)12(8-17-9)14(19)18-7-10-3-2-4-11(15)6-10/h2-6,8H,7H2,1H3,(H,18,19). The summed E-state index contributed by atoms with van der Waals surface area (Å²) in [7, 11) is 0. The first kappa shape index (κ1) is 13.8. The summed E-state index contributed by atoms with van der Waals surface area (Å²) in [6.07, 6.45) is 1.48. The Labute approximate surface area is 121 Å². The van der Waals surface area contributed by atoms with E-state index >= 15 is 0 Å². The van der Waals surface area contributed by atoms with Crippen molar-refractivity contribution >= 4 is 29.1 Å². The lowest BCUT2D eigenvalue weighted by Gasteiger charge is -2.07. The van der Waals surface area contributed by atoms with Gasteiger partial charge in [-0.2, -0.15) is 0 Å². The lowest BCUT2D eigenvalue weighted by Crippen LogP contribution is -2.23. The maximum Gasteiger partial charge on any atom is 0.254 e. The number of carbonyl (C=O) groups excluding carboxylic acids is 1. The molecule has 98 valence electrons. The largest absolute Gasteiger partial charge is 0.348 e. The highest BCUT2D eigenvalue weighted by molar-refractivity contribution is 6.33. The average Bonchev–Trinajstić information content (AvgIpc) is 2.36. The van der Waals surface area contributed by atoms with Gasteiger partial charge in [-0.3, -0.25) is 9.78 Å². The number of hydrogen-bond acceptors (Lipinski definition) is 2. The number of rotatable bonds is 3. The predicted octanol–water partition coefficient (Wildman–Crippen LogP) is 3.63. The van der Waals surface area contributed by atoms with Gasteiger partial charge in [0.25, 0.3) is 5.91 Å². The molecule has 2 aromatic rings. The van der Waals surface area contributed by atoms with Crippen LogP contribution in [0, 0.1) is 6.92 Å². The van der Waals surface area contributed by atoms with Gasteiger partial charge in [-0.25, -0.2) is 0 Å². The molecule has 0 aliphatic rings. The summed E-state index contributed by atoms with van der Waals surface area (Å²) < 4.78 is 0. The summed E-state index contributed by atoms with van der Waals surface area (Å²) in [5, 5.41) is 3.82. The van der Waals surface area contributed by atoms with Gasteiger partial charge in [0, 0.05) is 23.5 Å². The lowest BCUT2D eigenvalue weighted by molar-refractivity contribution is 0.0950. The second kappa shape index (κ2) is 6.04. The van der Waals surface area contributed by atoms with Crippen LogP contribution < -0.4 is 5.32 Å². The number of nitrogens with zero attached hydrogens (tertiary/aromatic N) is 1. The molecule has 19 heavy (non-hydrogen) atoms. The third-order valence-corrected chi connectivity index (χ3v) is 3.12. The van der Waals surface area contributed by atoms with Gasteiger partial charge in [0.2, 0.25) is 0 Å². The fourth-order valence-electron chi connectivity index (χ4n) is 1.62. The number of benzene rings is 1. The molecule has 1 heterocycles. The first-order valence-corrected chi connectivity index (χ1v) is 6.46. The predicted molar refractivity (Wildman–Crippen MR) is 76.6 cm³/mol. The number of aryl methyl sites for hydroxylation is 1. The van der Waals surface area contributed by atoms with Crippen molar-refractivity contribution in [3.8, 4) is 0 Å². The molecule has 1 aromatic carbocycles. The van der Waals surface area contributed by atoms with Crippen molar-refractivity contribution in [1.29, 1.82) is 0 Å². The lowest BCUT2D eigenvalue weighted by atomic mass is 10.2. The third-order valence-electron chi connectivity index (χ3n) is 2.58. The molecule has 0 unspecified atom stereocenters. The molecule has 0 fully saturated rings. The Hall–Kier alpha value is -1.58. The highest BCUT2D eigenvalue weighted by Gasteiger charge is 2.10. The van der Waals surface area contributed by atoms with E-state index in [9.17, 15) is 4.79 Å². The van der Waals surface area contributed by atoms with Gasteiger partial charge in [-0.15, -0.1) is 0 Å². The molecule has 0 aliphatic heterocycles. The van der Waals surface area contributed by atoms with Crippen molar-refractivity contribution in [1.82, 2.24) is 10.3 Å². The van der Waals surface area contributed by atoms with E-state index in [1.807, 2.05) is 19.1 Å². The topological polar surface area (TPSA) is 42.0 Å². The minimum atomic E-state index is -0.252. The molecule has 1 N–H and O–H groups in total. The zero-order valence-electron chi connectivity index (χ0n) is 10.3. The van der Waals surface area contributed by atoms with Gasteiger partial charge >= 0.3 is 0 Å². The van der Waals surface area contributed by atoms with E-state index < -0.39 is 0 Å². The van der Waals surface area contributed by atoms with Crippen molar-refractivity contribution in [3.05, 3.63) is 63.4 Å². The Morgan fingerprint density at radius 3 is 2.79 bits per heavy atom. The van der Waals surface area contributed by atoms with Crippen molar-refractivity contribution in [2.45, 2.75) is 13.5 Å². The van der Waals surface area contributed by atoms with Crippen LogP contribution in [0.3, 0.4) is 0 Å². The van der Waals surface area contributed by atoms with Gasteiger partial charge < -0.3 is 5.32 Å². The molecule has 1 aromatic heterocycles. The van der Waals surface area contributed by atoms with Crippen LogP contribution in [0.25, 0.3) is 0 Å². The van der Waals surface area contributed by atoms with Gasteiger partial charge in [0.15, 0.2) is 0 Å². The number of aromatic nitrogens is 1. The molecule has 0 saturated heterocycles. The molecule has 0 aliphatic carbocycles.